The molecule has 1 N–H and O–H groups in total. The summed E-state index contributed by atoms with van der Waals surface area (Å²) in [7, 11) is 0. The molecule has 2 fully saturated rings. The number of nitrogens with zero attached hydrogens (tertiary/aromatic N) is 2. The number of likely N-dealkylation sites (tertiary alicyclic amines) is 1. The molecule has 20 heavy (non-hydrogen) atoms. The van der Waals surface area contributed by atoms with E-state index in [2.05, 4.69) is 21.2 Å². The summed E-state index contributed by atoms with van der Waals surface area (Å²) in [6.45, 7) is 5.82. The number of hydrogen-bond acceptors (Lipinski definition) is 4. The second-order valence-corrected chi connectivity index (χ2v) is 5.86. The summed E-state index contributed by atoms with van der Waals surface area (Å²) < 4.78 is 11.3. The number of hydrogen-bond donors (Lipinski definition) is 1. The molecule has 1 aromatic heterocycles. The largest absolute Gasteiger partial charge is 0.377 e. The minimum atomic E-state index is 0.342. The molecule has 0 saturated carbocycles. The first-order valence-electron chi connectivity index (χ1n) is 7.83. The van der Waals surface area contributed by atoms with Crippen LogP contribution in [0.5, 0.6) is 0 Å². The highest BCUT2D eigenvalue weighted by Gasteiger charge is 2.22. The third-order valence-corrected chi connectivity index (χ3v) is 4.35. The maximum absolute atomic E-state index is 5.76. The Morgan fingerprint density at radius 2 is 2.40 bits per heavy atom. The molecule has 3 heterocycles. The highest BCUT2D eigenvalue weighted by Crippen LogP contribution is 2.24. The summed E-state index contributed by atoms with van der Waals surface area (Å²) in [5.74, 6) is 0.601. The van der Waals surface area contributed by atoms with Gasteiger partial charge in [0.25, 0.3) is 0 Å². The van der Waals surface area contributed by atoms with Gasteiger partial charge < -0.3 is 14.4 Å². The Morgan fingerprint density at radius 1 is 1.40 bits per heavy atom. The topological polar surface area (TPSA) is 50.4 Å². The fourth-order valence-electron chi connectivity index (χ4n) is 3.19. The first-order chi connectivity index (χ1) is 9.92. The van der Waals surface area contributed by atoms with E-state index in [1.807, 2.05) is 6.20 Å². The van der Waals surface area contributed by atoms with E-state index >= 15 is 0 Å². The van der Waals surface area contributed by atoms with E-state index in [-0.39, 0.29) is 0 Å². The zero-order valence-corrected chi connectivity index (χ0v) is 12.1. The molecule has 0 spiro atoms. The van der Waals surface area contributed by atoms with Gasteiger partial charge in [0.05, 0.1) is 19.3 Å². The van der Waals surface area contributed by atoms with Gasteiger partial charge in [-0.05, 0) is 38.3 Å². The van der Waals surface area contributed by atoms with Crippen LogP contribution in [0, 0.1) is 0 Å². The average Bonchev–Trinajstić information content (AvgIpc) is 3.17. The van der Waals surface area contributed by atoms with Crippen molar-refractivity contribution in [2.24, 2.45) is 0 Å². The second-order valence-electron chi connectivity index (χ2n) is 5.86. The van der Waals surface area contributed by atoms with Crippen LogP contribution in [0.15, 0.2) is 12.3 Å². The summed E-state index contributed by atoms with van der Waals surface area (Å²) in [5.41, 5.74) is 1.27. The van der Waals surface area contributed by atoms with Crippen molar-refractivity contribution < 1.29 is 9.47 Å². The quantitative estimate of drug-likeness (QED) is 0.807. The summed E-state index contributed by atoms with van der Waals surface area (Å²) >= 11 is 0. The number of rotatable bonds is 6. The molecule has 5 nitrogen and oxygen atoms in total. The van der Waals surface area contributed by atoms with Crippen LogP contribution in [0.4, 0.5) is 0 Å². The first kappa shape index (κ1) is 14.0. The molecule has 3 rings (SSSR count). The van der Waals surface area contributed by atoms with Crippen molar-refractivity contribution in [2.75, 3.05) is 39.5 Å². The normalized spacial score (nSPS) is 28.0. The smallest absolute Gasteiger partial charge is 0.0809 e. The lowest BCUT2D eigenvalue weighted by molar-refractivity contribution is 0.00849. The zero-order valence-electron chi connectivity index (χ0n) is 12.1. The molecule has 0 amide bonds. The van der Waals surface area contributed by atoms with E-state index in [1.54, 1.807) is 0 Å². The van der Waals surface area contributed by atoms with Crippen LogP contribution in [-0.2, 0) is 9.47 Å². The van der Waals surface area contributed by atoms with Gasteiger partial charge in [-0.25, -0.2) is 0 Å². The monoisotopic (exact) mass is 279 g/mol. The molecule has 2 saturated heterocycles. The number of nitrogens with one attached hydrogen (secondary N) is 1. The molecule has 0 bridgehead atoms. The summed E-state index contributed by atoms with van der Waals surface area (Å²) in [6, 6.07) is 2.10. The predicted octanol–water partition coefficient (Wildman–Crippen LogP) is 1.78. The zero-order chi connectivity index (χ0) is 13.6. The molecular weight excluding hydrogens is 254 g/mol. The van der Waals surface area contributed by atoms with Crippen molar-refractivity contribution in [1.29, 1.82) is 0 Å². The van der Waals surface area contributed by atoms with Gasteiger partial charge in [-0.2, -0.15) is 5.10 Å². The minimum absolute atomic E-state index is 0.342. The van der Waals surface area contributed by atoms with Gasteiger partial charge in [-0.3, -0.25) is 5.10 Å². The Bertz CT molecular complexity index is 376. The van der Waals surface area contributed by atoms with Crippen molar-refractivity contribution in [3.8, 4) is 0 Å². The summed E-state index contributed by atoms with van der Waals surface area (Å²) in [5, 5.41) is 7.17. The standard InChI is InChI=1S/C15H25N3O2/c1-3-13(15-5-6-16-17-15)11-18(7-1)8-10-19-12-14-4-2-9-20-14/h5-6,13-14H,1-4,7-12H2,(H,16,17)/t13-,14+/m0/s1. The summed E-state index contributed by atoms with van der Waals surface area (Å²) in [4.78, 5) is 2.50. The number of aromatic nitrogens is 2. The lowest BCUT2D eigenvalue weighted by Crippen LogP contribution is -2.37. The van der Waals surface area contributed by atoms with Crippen LogP contribution in [-0.4, -0.2) is 60.7 Å². The Balaban J connectivity index is 1.35. The van der Waals surface area contributed by atoms with Crippen LogP contribution < -0.4 is 0 Å². The second kappa shape index (κ2) is 7.20. The molecular formula is C15H25N3O2. The first-order valence-corrected chi connectivity index (χ1v) is 7.83. The molecule has 0 aliphatic carbocycles. The van der Waals surface area contributed by atoms with Crippen molar-refractivity contribution in [3.63, 3.8) is 0 Å². The number of ether oxygens (including phenoxy) is 2. The predicted molar refractivity (Wildman–Crippen MR) is 76.8 cm³/mol. The Hall–Kier alpha value is -0.910. The van der Waals surface area contributed by atoms with Gasteiger partial charge in [0.2, 0.25) is 0 Å². The fourth-order valence-corrected chi connectivity index (χ4v) is 3.19. The lowest BCUT2D eigenvalue weighted by atomic mass is 9.95. The molecule has 112 valence electrons. The van der Waals surface area contributed by atoms with Crippen molar-refractivity contribution >= 4 is 0 Å². The van der Waals surface area contributed by atoms with Crippen LogP contribution in [0.2, 0.25) is 0 Å². The van der Waals surface area contributed by atoms with Crippen molar-refractivity contribution in [1.82, 2.24) is 15.1 Å². The van der Waals surface area contributed by atoms with Gasteiger partial charge in [0, 0.05) is 37.5 Å². The van der Waals surface area contributed by atoms with E-state index in [4.69, 9.17) is 9.47 Å². The lowest BCUT2D eigenvalue weighted by Gasteiger charge is -2.32. The molecule has 5 heteroatoms. The Morgan fingerprint density at radius 3 is 3.20 bits per heavy atom. The maximum atomic E-state index is 5.76. The van der Waals surface area contributed by atoms with Gasteiger partial charge in [-0.15, -0.1) is 0 Å². The molecule has 2 aliphatic rings. The summed E-state index contributed by atoms with van der Waals surface area (Å²) in [6.07, 6.45) is 7.05. The molecule has 0 unspecified atom stereocenters. The van der Waals surface area contributed by atoms with E-state index in [0.717, 1.165) is 39.3 Å². The average molecular weight is 279 g/mol. The molecule has 2 atom stereocenters. The highest BCUT2D eigenvalue weighted by molar-refractivity contribution is 5.07. The number of piperidine rings is 1. The van der Waals surface area contributed by atoms with E-state index < -0.39 is 0 Å². The van der Waals surface area contributed by atoms with Crippen LogP contribution in [0.25, 0.3) is 0 Å². The molecule has 1 aromatic rings. The molecule has 2 aliphatic heterocycles. The van der Waals surface area contributed by atoms with Crippen molar-refractivity contribution in [3.05, 3.63) is 18.0 Å². The molecule has 0 radical (unpaired) electrons. The third kappa shape index (κ3) is 3.81. The van der Waals surface area contributed by atoms with Gasteiger partial charge in [0.15, 0.2) is 0 Å². The fraction of sp³-hybridized carbons (Fsp3) is 0.800. The van der Waals surface area contributed by atoms with Crippen LogP contribution >= 0.6 is 0 Å². The van der Waals surface area contributed by atoms with Crippen LogP contribution in [0.1, 0.15) is 37.3 Å². The van der Waals surface area contributed by atoms with Crippen molar-refractivity contribution in [2.45, 2.75) is 37.7 Å². The number of H-pyrrole nitrogens is 1. The van der Waals surface area contributed by atoms with Crippen LogP contribution in [0.3, 0.4) is 0 Å². The van der Waals surface area contributed by atoms with E-state index in [0.29, 0.717) is 12.0 Å². The van der Waals surface area contributed by atoms with E-state index in [1.165, 1.54) is 31.5 Å². The highest BCUT2D eigenvalue weighted by atomic mass is 16.5. The Labute approximate surface area is 120 Å². The SMILES string of the molecule is c1cc([C@H]2CCCN(CCOC[C@H]3CCCO3)C2)[nH]n1. The van der Waals surface area contributed by atoms with Gasteiger partial charge in [-0.1, -0.05) is 0 Å². The third-order valence-electron chi connectivity index (χ3n) is 4.35. The van der Waals surface area contributed by atoms with Gasteiger partial charge in [0.1, 0.15) is 0 Å². The van der Waals surface area contributed by atoms with E-state index in [9.17, 15) is 0 Å². The number of aromatic amines is 1. The maximum Gasteiger partial charge on any atom is 0.0809 e. The minimum Gasteiger partial charge on any atom is -0.377 e. The Kier molecular flexibility index (Phi) is 5.06. The van der Waals surface area contributed by atoms with Gasteiger partial charge >= 0.3 is 0 Å². The molecule has 0 aromatic carbocycles.